The van der Waals surface area contributed by atoms with Gasteiger partial charge in [0.15, 0.2) is 5.82 Å². The zero-order valence-electron chi connectivity index (χ0n) is 32.5. The zero-order valence-corrected chi connectivity index (χ0v) is 32.5. The van der Waals surface area contributed by atoms with Crippen molar-refractivity contribution in [3.8, 4) is 73.4 Å². The van der Waals surface area contributed by atoms with E-state index in [0.29, 0.717) is 11.4 Å². The van der Waals surface area contributed by atoms with Crippen molar-refractivity contribution in [3.63, 3.8) is 0 Å². The summed E-state index contributed by atoms with van der Waals surface area (Å²) in [5.41, 5.74) is 12.2. The van der Waals surface area contributed by atoms with Crippen LogP contribution in [-0.4, -0.2) is 9.97 Å². The summed E-state index contributed by atoms with van der Waals surface area (Å²) in [6, 6.07) is 77.1. The van der Waals surface area contributed by atoms with Crippen LogP contribution < -0.4 is 0 Å². The van der Waals surface area contributed by atoms with Crippen molar-refractivity contribution in [2.75, 3.05) is 0 Å². The van der Waals surface area contributed by atoms with E-state index in [9.17, 15) is 5.26 Å². The highest BCUT2D eigenvalue weighted by Crippen LogP contribution is 2.44. The Labute approximate surface area is 348 Å². The molecule has 278 valence electrons. The average Bonchev–Trinajstić information content (AvgIpc) is 3.33. The molecule has 0 saturated carbocycles. The first-order chi connectivity index (χ1) is 29.7. The summed E-state index contributed by atoms with van der Waals surface area (Å²) in [5, 5.41) is 19.3. The third kappa shape index (κ3) is 6.16. The van der Waals surface area contributed by atoms with Gasteiger partial charge in [-0.05, 0) is 107 Å². The SMILES string of the molecule is N#Cc1ccc(-c2cccc(-c3cc(-c4ccccc4)nc(-c4ccc(-c5ccc(-c6c7ccccc7cc7c6ccc6ccccc67)c6ccccc56)cc4)n3)c2)cc1. The lowest BCUT2D eigenvalue weighted by Crippen LogP contribution is -1.96. The highest BCUT2D eigenvalue weighted by atomic mass is 14.9. The summed E-state index contributed by atoms with van der Waals surface area (Å²) in [6.45, 7) is 0. The van der Waals surface area contributed by atoms with Crippen LogP contribution in [0.3, 0.4) is 0 Å². The molecule has 3 nitrogen and oxygen atoms in total. The van der Waals surface area contributed by atoms with E-state index in [1.807, 2.05) is 42.5 Å². The van der Waals surface area contributed by atoms with E-state index in [1.165, 1.54) is 59.8 Å². The summed E-state index contributed by atoms with van der Waals surface area (Å²) in [5.74, 6) is 0.664. The number of fused-ring (bicyclic) bond motifs is 5. The Kier molecular flexibility index (Phi) is 8.54. The maximum atomic E-state index is 9.32. The van der Waals surface area contributed by atoms with E-state index >= 15 is 0 Å². The fraction of sp³-hybridized carbons (Fsp3) is 0. The molecule has 10 aromatic carbocycles. The number of nitrogens with zero attached hydrogens (tertiary/aromatic N) is 3. The second-order valence-electron chi connectivity index (χ2n) is 15.2. The lowest BCUT2D eigenvalue weighted by atomic mass is 9.86. The number of benzene rings is 10. The molecule has 1 aromatic heterocycles. The number of aromatic nitrogens is 2. The van der Waals surface area contributed by atoms with Crippen LogP contribution in [0, 0.1) is 11.3 Å². The van der Waals surface area contributed by atoms with Crippen molar-refractivity contribution in [2.24, 2.45) is 0 Å². The van der Waals surface area contributed by atoms with Crippen LogP contribution in [0.1, 0.15) is 5.56 Å². The highest BCUT2D eigenvalue weighted by molar-refractivity contribution is 6.23. The smallest absolute Gasteiger partial charge is 0.160 e. The van der Waals surface area contributed by atoms with E-state index in [-0.39, 0.29) is 0 Å². The zero-order chi connectivity index (χ0) is 40.0. The number of hydrogen-bond donors (Lipinski definition) is 0. The first-order valence-electron chi connectivity index (χ1n) is 20.2. The van der Waals surface area contributed by atoms with Gasteiger partial charge in [0.2, 0.25) is 0 Å². The fourth-order valence-corrected chi connectivity index (χ4v) is 8.75. The van der Waals surface area contributed by atoms with Crippen molar-refractivity contribution in [2.45, 2.75) is 0 Å². The van der Waals surface area contributed by atoms with Crippen molar-refractivity contribution in [3.05, 3.63) is 218 Å². The number of nitriles is 1. The highest BCUT2D eigenvalue weighted by Gasteiger charge is 2.17. The van der Waals surface area contributed by atoms with Gasteiger partial charge in [-0.25, -0.2) is 9.97 Å². The summed E-state index contributed by atoms with van der Waals surface area (Å²) >= 11 is 0. The van der Waals surface area contributed by atoms with Crippen LogP contribution >= 0.6 is 0 Å². The van der Waals surface area contributed by atoms with E-state index in [1.54, 1.807) is 0 Å². The molecule has 0 unspecified atom stereocenters. The van der Waals surface area contributed by atoms with Crippen LogP contribution in [0.4, 0.5) is 0 Å². The molecule has 0 atom stereocenters. The molecule has 0 fully saturated rings. The molecule has 0 saturated heterocycles. The van der Waals surface area contributed by atoms with Gasteiger partial charge in [0, 0.05) is 16.7 Å². The Balaban J connectivity index is 1.01. The molecule has 0 amide bonds. The van der Waals surface area contributed by atoms with Crippen LogP contribution in [0.25, 0.3) is 110 Å². The largest absolute Gasteiger partial charge is 0.228 e. The molecule has 1 heterocycles. The molecule has 0 aliphatic rings. The Morgan fingerprint density at radius 1 is 0.317 bits per heavy atom. The van der Waals surface area contributed by atoms with Crippen molar-refractivity contribution < 1.29 is 0 Å². The van der Waals surface area contributed by atoms with Crippen LogP contribution in [0.2, 0.25) is 0 Å². The van der Waals surface area contributed by atoms with Gasteiger partial charge in [-0.3, -0.25) is 0 Å². The monoisotopic (exact) mass is 761 g/mol. The maximum Gasteiger partial charge on any atom is 0.160 e. The second kappa shape index (κ2) is 14.6. The number of rotatable bonds is 6. The molecule has 0 aliphatic heterocycles. The molecular formula is C57H35N3. The quantitative estimate of drug-likeness (QED) is 0.125. The second-order valence-corrected chi connectivity index (χ2v) is 15.2. The van der Waals surface area contributed by atoms with E-state index in [4.69, 9.17) is 9.97 Å². The molecule has 3 heteroatoms. The normalized spacial score (nSPS) is 11.3. The molecule has 0 bridgehead atoms. The van der Waals surface area contributed by atoms with Gasteiger partial charge in [-0.2, -0.15) is 5.26 Å². The molecule has 0 radical (unpaired) electrons. The van der Waals surface area contributed by atoms with Gasteiger partial charge in [0.1, 0.15) is 0 Å². The van der Waals surface area contributed by atoms with Gasteiger partial charge in [-0.15, -0.1) is 0 Å². The number of hydrogen-bond acceptors (Lipinski definition) is 3. The minimum Gasteiger partial charge on any atom is -0.228 e. The summed E-state index contributed by atoms with van der Waals surface area (Å²) in [6.07, 6.45) is 0. The first-order valence-corrected chi connectivity index (χ1v) is 20.2. The van der Waals surface area contributed by atoms with Crippen molar-refractivity contribution in [1.82, 2.24) is 9.97 Å². The van der Waals surface area contributed by atoms with E-state index in [2.05, 4.69) is 176 Å². The minimum absolute atomic E-state index is 0.641. The molecule has 11 aromatic rings. The van der Waals surface area contributed by atoms with Gasteiger partial charge in [0.25, 0.3) is 0 Å². The van der Waals surface area contributed by atoms with Crippen LogP contribution in [0.15, 0.2) is 212 Å². The third-order valence-electron chi connectivity index (χ3n) is 11.7. The Morgan fingerprint density at radius 3 is 1.67 bits per heavy atom. The molecule has 0 N–H and O–H groups in total. The molecule has 0 spiro atoms. The summed E-state index contributed by atoms with van der Waals surface area (Å²) < 4.78 is 0. The lowest BCUT2D eigenvalue weighted by Gasteiger charge is -2.17. The van der Waals surface area contributed by atoms with Gasteiger partial charge in [-0.1, -0.05) is 182 Å². The van der Waals surface area contributed by atoms with E-state index in [0.717, 1.165) is 44.8 Å². The Morgan fingerprint density at radius 2 is 0.900 bits per heavy atom. The van der Waals surface area contributed by atoms with Gasteiger partial charge in [0.05, 0.1) is 23.0 Å². The standard InChI is InChI=1S/C57H35N3/c58-36-37-21-23-38(24-22-37)43-15-10-16-45(33-43)55-35-54(41-12-2-1-3-13-41)59-57(60-55)42-27-25-40(26-28-42)47-31-32-51(50-20-9-8-19-49(47)50)56-48-18-7-5-14-44(48)34-53-46-17-6-4-11-39(46)29-30-52(53)56/h1-35H. The first kappa shape index (κ1) is 35.0. The summed E-state index contributed by atoms with van der Waals surface area (Å²) in [7, 11) is 0. The predicted molar refractivity (Wildman–Crippen MR) is 249 cm³/mol. The average molecular weight is 762 g/mol. The van der Waals surface area contributed by atoms with Crippen molar-refractivity contribution >= 4 is 43.1 Å². The van der Waals surface area contributed by atoms with Crippen LogP contribution in [-0.2, 0) is 0 Å². The van der Waals surface area contributed by atoms with Crippen LogP contribution in [0.5, 0.6) is 0 Å². The third-order valence-corrected chi connectivity index (χ3v) is 11.7. The summed E-state index contributed by atoms with van der Waals surface area (Å²) in [4.78, 5) is 10.3. The maximum absolute atomic E-state index is 9.32. The fourth-order valence-electron chi connectivity index (χ4n) is 8.75. The topological polar surface area (TPSA) is 49.6 Å². The van der Waals surface area contributed by atoms with Crippen molar-refractivity contribution in [1.29, 1.82) is 5.26 Å². The van der Waals surface area contributed by atoms with E-state index < -0.39 is 0 Å². The molecule has 11 rings (SSSR count). The molecule has 0 aliphatic carbocycles. The predicted octanol–water partition coefficient (Wildman–Crippen LogP) is 15.0. The van der Waals surface area contributed by atoms with Gasteiger partial charge >= 0.3 is 0 Å². The lowest BCUT2D eigenvalue weighted by molar-refractivity contribution is 1.18. The Hall–Kier alpha value is -8.19. The molecule has 60 heavy (non-hydrogen) atoms. The van der Waals surface area contributed by atoms with Gasteiger partial charge < -0.3 is 0 Å². The molecular weight excluding hydrogens is 727 g/mol. The minimum atomic E-state index is 0.641. The Bertz CT molecular complexity index is 3470.